The van der Waals surface area contributed by atoms with Gasteiger partial charge in [-0.1, -0.05) is 66.7 Å². The van der Waals surface area contributed by atoms with Crippen molar-refractivity contribution >= 4 is 0 Å². The average molecular weight is 439 g/mol. The summed E-state index contributed by atoms with van der Waals surface area (Å²) >= 11 is 0. The molecule has 1 aliphatic heterocycles. The molecule has 0 spiro atoms. The number of phenols is 1. The Morgan fingerprint density at radius 3 is 1.97 bits per heavy atom. The van der Waals surface area contributed by atoms with Crippen LogP contribution in [-0.2, 0) is 19.6 Å². The van der Waals surface area contributed by atoms with Crippen LogP contribution in [0.3, 0.4) is 0 Å². The molecule has 0 bridgehead atoms. The number of rotatable bonds is 7. The van der Waals surface area contributed by atoms with Crippen LogP contribution >= 0.6 is 0 Å². The molecule has 1 atom stereocenters. The topological polar surface area (TPSA) is 47.9 Å². The van der Waals surface area contributed by atoms with Gasteiger partial charge in [0, 0.05) is 17.7 Å². The van der Waals surface area contributed by atoms with Crippen LogP contribution in [0.5, 0.6) is 23.0 Å². The van der Waals surface area contributed by atoms with Gasteiger partial charge in [-0.2, -0.15) is 0 Å². The molecule has 0 fully saturated rings. The highest BCUT2D eigenvalue weighted by Crippen LogP contribution is 2.40. The molecule has 0 amide bonds. The first kappa shape index (κ1) is 21.0. The van der Waals surface area contributed by atoms with E-state index in [0.717, 1.165) is 46.6 Å². The van der Waals surface area contributed by atoms with Crippen molar-refractivity contribution in [1.29, 1.82) is 0 Å². The maximum Gasteiger partial charge on any atom is 0.128 e. The summed E-state index contributed by atoms with van der Waals surface area (Å²) in [7, 11) is 0. The van der Waals surface area contributed by atoms with Gasteiger partial charge >= 0.3 is 0 Å². The van der Waals surface area contributed by atoms with Crippen LogP contribution in [-0.4, -0.2) is 5.11 Å². The highest BCUT2D eigenvalue weighted by molar-refractivity contribution is 5.46. The molecule has 4 heteroatoms. The van der Waals surface area contributed by atoms with E-state index in [1.165, 1.54) is 0 Å². The smallest absolute Gasteiger partial charge is 0.128 e. The Hall–Kier alpha value is -3.92. The lowest BCUT2D eigenvalue weighted by atomic mass is 9.96. The second-order valence-electron chi connectivity index (χ2n) is 8.18. The molecule has 1 unspecified atom stereocenters. The van der Waals surface area contributed by atoms with Crippen molar-refractivity contribution in [2.45, 2.75) is 32.2 Å². The van der Waals surface area contributed by atoms with Crippen LogP contribution < -0.4 is 14.2 Å². The fourth-order valence-corrected chi connectivity index (χ4v) is 4.03. The zero-order chi connectivity index (χ0) is 22.5. The lowest BCUT2D eigenvalue weighted by Crippen LogP contribution is -2.15. The zero-order valence-corrected chi connectivity index (χ0v) is 18.3. The summed E-state index contributed by atoms with van der Waals surface area (Å²) in [4.78, 5) is 0. The SMILES string of the molecule is Oc1cc(OCc2ccccc2)ccc1C1CCc2ccc(OCc3ccccc3)cc2O1. The number of phenolic OH excluding ortho intramolecular Hbond substituents is 1. The van der Waals surface area contributed by atoms with Crippen LogP contribution in [0.25, 0.3) is 0 Å². The molecule has 0 aromatic heterocycles. The van der Waals surface area contributed by atoms with Crippen LogP contribution in [0.2, 0.25) is 0 Å². The molecule has 0 saturated carbocycles. The summed E-state index contributed by atoms with van der Waals surface area (Å²) in [5.74, 6) is 2.39. The van der Waals surface area contributed by atoms with Crippen LogP contribution in [0, 0.1) is 0 Å². The van der Waals surface area contributed by atoms with E-state index >= 15 is 0 Å². The first-order valence-corrected chi connectivity index (χ1v) is 11.2. The Morgan fingerprint density at radius 2 is 1.33 bits per heavy atom. The fourth-order valence-electron chi connectivity index (χ4n) is 4.03. The standard InChI is InChI=1S/C29H26O4/c30-27-17-24(31-19-21-7-3-1-4-8-21)14-15-26(27)28-16-12-23-11-13-25(18-29(23)33-28)32-20-22-9-5-2-6-10-22/h1-11,13-15,17-18,28,30H,12,16,19-20H2. The number of fused-ring (bicyclic) bond motifs is 1. The third kappa shape index (κ3) is 5.12. The van der Waals surface area contributed by atoms with Gasteiger partial charge in [0.05, 0.1) is 0 Å². The third-order valence-electron chi connectivity index (χ3n) is 5.83. The van der Waals surface area contributed by atoms with Gasteiger partial charge in [0.2, 0.25) is 0 Å². The Morgan fingerprint density at radius 1 is 0.727 bits per heavy atom. The summed E-state index contributed by atoms with van der Waals surface area (Å²) in [5.41, 5.74) is 4.12. The molecule has 1 N–H and O–H groups in total. The summed E-state index contributed by atoms with van der Waals surface area (Å²) in [6.45, 7) is 0.965. The average Bonchev–Trinajstić information content (AvgIpc) is 2.87. The summed E-state index contributed by atoms with van der Waals surface area (Å²) < 4.78 is 18.1. The van der Waals surface area contributed by atoms with E-state index in [1.807, 2.05) is 84.9 Å². The normalized spacial score (nSPS) is 14.7. The maximum absolute atomic E-state index is 10.7. The molecular weight excluding hydrogens is 412 g/mol. The van der Waals surface area contributed by atoms with Crippen LogP contribution in [0.1, 0.15) is 34.8 Å². The number of aryl methyl sites for hydroxylation is 1. The molecule has 4 aromatic carbocycles. The molecule has 0 radical (unpaired) electrons. The fraction of sp³-hybridized carbons (Fsp3) is 0.172. The molecule has 5 rings (SSSR count). The van der Waals surface area contributed by atoms with E-state index in [-0.39, 0.29) is 11.9 Å². The minimum absolute atomic E-state index is 0.186. The largest absolute Gasteiger partial charge is 0.507 e. The van der Waals surface area contributed by atoms with Gasteiger partial charge in [-0.25, -0.2) is 0 Å². The maximum atomic E-state index is 10.7. The molecular formula is C29H26O4. The van der Waals surface area contributed by atoms with Crippen LogP contribution in [0.4, 0.5) is 0 Å². The molecule has 1 heterocycles. The predicted molar refractivity (Wildman–Crippen MR) is 128 cm³/mol. The number of benzene rings is 4. The van der Waals surface area contributed by atoms with Gasteiger partial charge in [0.25, 0.3) is 0 Å². The van der Waals surface area contributed by atoms with E-state index in [0.29, 0.717) is 19.0 Å². The van der Waals surface area contributed by atoms with E-state index < -0.39 is 0 Å². The second kappa shape index (κ2) is 9.70. The lowest BCUT2D eigenvalue weighted by molar-refractivity contribution is 0.171. The monoisotopic (exact) mass is 438 g/mol. The number of ether oxygens (including phenoxy) is 3. The van der Waals surface area contributed by atoms with Crippen molar-refractivity contribution < 1.29 is 19.3 Å². The summed E-state index contributed by atoms with van der Waals surface area (Å²) in [6.07, 6.45) is 1.46. The summed E-state index contributed by atoms with van der Waals surface area (Å²) in [6, 6.07) is 31.5. The highest BCUT2D eigenvalue weighted by Gasteiger charge is 2.24. The van der Waals surface area contributed by atoms with Crippen molar-refractivity contribution in [3.63, 3.8) is 0 Å². The third-order valence-corrected chi connectivity index (χ3v) is 5.83. The van der Waals surface area contributed by atoms with Gasteiger partial charge in [0.15, 0.2) is 0 Å². The van der Waals surface area contributed by atoms with Gasteiger partial charge < -0.3 is 19.3 Å². The van der Waals surface area contributed by atoms with E-state index in [1.54, 1.807) is 6.07 Å². The molecule has 0 saturated heterocycles. The van der Waals surface area contributed by atoms with Gasteiger partial charge in [-0.3, -0.25) is 0 Å². The van der Waals surface area contributed by atoms with Crippen molar-refractivity contribution in [3.05, 3.63) is 119 Å². The molecule has 4 nitrogen and oxygen atoms in total. The molecule has 166 valence electrons. The minimum Gasteiger partial charge on any atom is -0.507 e. The Labute approximate surface area is 194 Å². The zero-order valence-electron chi connectivity index (χ0n) is 18.3. The highest BCUT2D eigenvalue weighted by atomic mass is 16.5. The Bertz CT molecular complexity index is 1200. The van der Waals surface area contributed by atoms with E-state index in [2.05, 4.69) is 6.07 Å². The first-order chi connectivity index (χ1) is 16.2. The molecule has 0 aliphatic carbocycles. The summed E-state index contributed by atoms with van der Waals surface area (Å²) in [5, 5.41) is 10.7. The second-order valence-corrected chi connectivity index (χ2v) is 8.18. The van der Waals surface area contributed by atoms with Crippen molar-refractivity contribution in [1.82, 2.24) is 0 Å². The number of hydrogen-bond donors (Lipinski definition) is 1. The number of aromatic hydroxyl groups is 1. The van der Waals surface area contributed by atoms with E-state index in [4.69, 9.17) is 14.2 Å². The number of hydrogen-bond acceptors (Lipinski definition) is 4. The lowest BCUT2D eigenvalue weighted by Gasteiger charge is -2.27. The minimum atomic E-state index is -0.218. The Kier molecular flexibility index (Phi) is 6.16. The van der Waals surface area contributed by atoms with Gasteiger partial charge in [-0.15, -0.1) is 0 Å². The molecule has 33 heavy (non-hydrogen) atoms. The van der Waals surface area contributed by atoms with Gasteiger partial charge in [0.1, 0.15) is 42.3 Å². The van der Waals surface area contributed by atoms with Crippen molar-refractivity contribution in [3.8, 4) is 23.0 Å². The molecule has 4 aromatic rings. The van der Waals surface area contributed by atoms with Crippen LogP contribution in [0.15, 0.2) is 97.1 Å². The first-order valence-electron chi connectivity index (χ1n) is 11.2. The molecule has 1 aliphatic rings. The predicted octanol–water partition coefficient (Wildman–Crippen LogP) is 6.62. The van der Waals surface area contributed by atoms with E-state index in [9.17, 15) is 5.11 Å². The van der Waals surface area contributed by atoms with Crippen molar-refractivity contribution in [2.75, 3.05) is 0 Å². The van der Waals surface area contributed by atoms with Crippen molar-refractivity contribution in [2.24, 2.45) is 0 Å². The quantitative estimate of drug-likeness (QED) is 0.352. The van der Waals surface area contributed by atoms with Gasteiger partial charge in [-0.05, 0) is 47.7 Å². The Balaban J connectivity index is 1.25.